The number of hydrogen-bond acceptors (Lipinski definition) is 1. The highest BCUT2D eigenvalue weighted by Crippen LogP contribution is 2.42. The first kappa shape index (κ1) is 33.2. The van der Waals surface area contributed by atoms with Gasteiger partial charge in [-0.2, -0.15) is 0 Å². The molecule has 10 aromatic rings. The summed E-state index contributed by atoms with van der Waals surface area (Å²) in [5.74, 6) is 0. The molecule has 1 aromatic heterocycles. The van der Waals surface area contributed by atoms with E-state index in [9.17, 15) is 0 Å². The van der Waals surface area contributed by atoms with Gasteiger partial charge in [-0.05, 0) is 99.1 Å². The molecule has 0 aliphatic heterocycles. The van der Waals surface area contributed by atoms with Crippen molar-refractivity contribution in [1.82, 2.24) is 4.57 Å². The summed E-state index contributed by atoms with van der Waals surface area (Å²) in [7, 11) is 0. The molecule has 0 atom stereocenters. The Bertz CT molecular complexity index is 2830. The molecule has 0 saturated heterocycles. The fraction of sp³-hybridized carbons (Fsp3) is 0. The Balaban J connectivity index is 1.17. The normalized spacial score (nSPS) is 11.2. The molecule has 0 saturated carbocycles. The third kappa shape index (κ3) is 6.24. The molecule has 2 heteroatoms. The summed E-state index contributed by atoms with van der Waals surface area (Å²) in [6, 6.07) is 83.1. The van der Waals surface area contributed by atoms with Gasteiger partial charge in [0.2, 0.25) is 0 Å². The molecule has 1 heterocycles. The fourth-order valence-electron chi connectivity index (χ4n) is 8.00. The number of nitrogens with zero attached hydrogens (tertiary/aromatic N) is 2. The monoisotopic (exact) mass is 714 g/mol. The second-order valence-electron chi connectivity index (χ2n) is 14.2. The van der Waals surface area contributed by atoms with Crippen molar-refractivity contribution in [2.75, 3.05) is 4.90 Å². The molecule has 0 bridgehead atoms. The molecule has 264 valence electrons. The van der Waals surface area contributed by atoms with Gasteiger partial charge in [0.15, 0.2) is 0 Å². The van der Waals surface area contributed by atoms with E-state index in [0.717, 1.165) is 28.3 Å². The summed E-state index contributed by atoms with van der Waals surface area (Å²) >= 11 is 0. The first-order chi connectivity index (χ1) is 27.8. The van der Waals surface area contributed by atoms with Gasteiger partial charge in [0, 0.05) is 33.5 Å². The largest absolute Gasteiger partial charge is 0.310 e. The number of aromatic nitrogens is 1. The third-order valence-electron chi connectivity index (χ3n) is 10.8. The van der Waals surface area contributed by atoms with E-state index in [1.165, 1.54) is 60.8 Å². The van der Waals surface area contributed by atoms with Crippen molar-refractivity contribution in [2.24, 2.45) is 0 Å². The van der Waals surface area contributed by atoms with E-state index in [4.69, 9.17) is 0 Å². The molecule has 0 spiro atoms. The summed E-state index contributed by atoms with van der Waals surface area (Å²) in [5, 5.41) is 2.44. The Morgan fingerprint density at radius 1 is 0.250 bits per heavy atom. The molecule has 9 aromatic carbocycles. The van der Waals surface area contributed by atoms with Crippen LogP contribution in [0.4, 0.5) is 17.1 Å². The van der Waals surface area contributed by atoms with Gasteiger partial charge in [0.05, 0.1) is 11.0 Å². The second kappa shape index (κ2) is 14.4. The maximum absolute atomic E-state index is 2.45. The van der Waals surface area contributed by atoms with Crippen LogP contribution in [0, 0.1) is 0 Å². The van der Waals surface area contributed by atoms with Crippen LogP contribution in [0.15, 0.2) is 231 Å². The SMILES string of the molecule is c1ccc(-c2ccc(N(c3ccc(-c4ccccc4)cc3)c3ccc4c5ccc(-c6ccccc6)cc5n(-c5cccc(-c6ccccc6)c5)c4c3)cc2)cc1. The number of rotatable bonds is 8. The Morgan fingerprint density at radius 3 is 1.11 bits per heavy atom. The van der Waals surface area contributed by atoms with Crippen molar-refractivity contribution in [1.29, 1.82) is 0 Å². The minimum Gasteiger partial charge on any atom is -0.310 e. The standard InChI is InChI=1S/C54H38N2/c1-5-14-39(15-6-1)43-24-29-47(30-25-43)55(48-31-26-44(27-32-48)40-16-7-2-8-17-40)50-33-35-52-51-34-28-46(42-20-11-4-12-21-42)37-53(51)56(54(52)38-50)49-23-13-22-45(36-49)41-18-9-3-10-19-41/h1-38H. The molecule has 0 aliphatic carbocycles. The minimum atomic E-state index is 1.09. The first-order valence-electron chi connectivity index (χ1n) is 19.2. The molecule has 0 radical (unpaired) electrons. The van der Waals surface area contributed by atoms with Crippen LogP contribution in [0.5, 0.6) is 0 Å². The van der Waals surface area contributed by atoms with Crippen molar-refractivity contribution >= 4 is 38.9 Å². The predicted octanol–water partition coefficient (Wildman–Crippen LogP) is 14.9. The van der Waals surface area contributed by atoms with E-state index in [1.807, 2.05) is 0 Å². The molecule has 0 amide bonds. The van der Waals surface area contributed by atoms with Crippen molar-refractivity contribution in [2.45, 2.75) is 0 Å². The van der Waals surface area contributed by atoms with Crippen LogP contribution < -0.4 is 4.90 Å². The second-order valence-corrected chi connectivity index (χ2v) is 14.2. The van der Waals surface area contributed by atoms with Gasteiger partial charge in [-0.15, -0.1) is 0 Å². The Labute approximate surface area is 327 Å². The molecule has 0 aliphatic rings. The maximum atomic E-state index is 2.45. The Morgan fingerprint density at radius 2 is 0.607 bits per heavy atom. The lowest BCUT2D eigenvalue weighted by molar-refractivity contribution is 1.18. The van der Waals surface area contributed by atoms with Crippen LogP contribution in [0.2, 0.25) is 0 Å². The summed E-state index contributed by atoms with van der Waals surface area (Å²) in [4.78, 5) is 2.38. The average Bonchev–Trinajstić information content (AvgIpc) is 3.61. The quantitative estimate of drug-likeness (QED) is 0.152. The van der Waals surface area contributed by atoms with E-state index in [0.29, 0.717) is 0 Å². The minimum absolute atomic E-state index is 1.09. The number of fused-ring (bicyclic) bond motifs is 3. The molecule has 0 fully saturated rings. The maximum Gasteiger partial charge on any atom is 0.0561 e. The van der Waals surface area contributed by atoms with Gasteiger partial charge in [-0.3, -0.25) is 0 Å². The van der Waals surface area contributed by atoms with E-state index >= 15 is 0 Å². The van der Waals surface area contributed by atoms with Crippen molar-refractivity contribution < 1.29 is 0 Å². The van der Waals surface area contributed by atoms with Gasteiger partial charge in [0.25, 0.3) is 0 Å². The number of hydrogen-bond donors (Lipinski definition) is 0. The van der Waals surface area contributed by atoms with Gasteiger partial charge in [0.1, 0.15) is 0 Å². The Hall–Kier alpha value is -7.42. The lowest BCUT2D eigenvalue weighted by Gasteiger charge is -2.26. The molecular weight excluding hydrogens is 677 g/mol. The summed E-state index contributed by atoms with van der Waals surface area (Å²) in [5.41, 5.74) is 16.3. The van der Waals surface area contributed by atoms with Crippen molar-refractivity contribution in [3.63, 3.8) is 0 Å². The van der Waals surface area contributed by atoms with E-state index in [1.54, 1.807) is 0 Å². The average molecular weight is 715 g/mol. The lowest BCUT2D eigenvalue weighted by Crippen LogP contribution is -2.10. The van der Waals surface area contributed by atoms with Gasteiger partial charge in [-0.1, -0.05) is 176 Å². The first-order valence-corrected chi connectivity index (χ1v) is 19.2. The zero-order chi connectivity index (χ0) is 37.3. The molecule has 56 heavy (non-hydrogen) atoms. The molecule has 0 N–H and O–H groups in total. The summed E-state index contributed by atoms with van der Waals surface area (Å²) < 4.78 is 2.45. The van der Waals surface area contributed by atoms with Crippen LogP contribution in [-0.2, 0) is 0 Å². The molecule has 0 unspecified atom stereocenters. The van der Waals surface area contributed by atoms with Gasteiger partial charge < -0.3 is 9.47 Å². The van der Waals surface area contributed by atoms with Crippen LogP contribution in [0.1, 0.15) is 0 Å². The molecular formula is C54H38N2. The van der Waals surface area contributed by atoms with Crippen LogP contribution in [0.3, 0.4) is 0 Å². The van der Waals surface area contributed by atoms with E-state index in [2.05, 4.69) is 240 Å². The van der Waals surface area contributed by atoms with Gasteiger partial charge in [-0.25, -0.2) is 0 Å². The van der Waals surface area contributed by atoms with Crippen molar-refractivity contribution in [3.05, 3.63) is 231 Å². The van der Waals surface area contributed by atoms with E-state index in [-0.39, 0.29) is 0 Å². The predicted molar refractivity (Wildman–Crippen MR) is 237 cm³/mol. The van der Waals surface area contributed by atoms with E-state index < -0.39 is 0 Å². The zero-order valence-electron chi connectivity index (χ0n) is 30.8. The summed E-state index contributed by atoms with van der Waals surface area (Å²) in [6.45, 7) is 0. The summed E-state index contributed by atoms with van der Waals surface area (Å²) in [6.07, 6.45) is 0. The number of benzene rings is 9. The Kier molecular flexibility index (Phi) is 8.55. The third-order valence-corrected chi connectivity index (χ3v) is 10.8. The zero-order valence-corrected chi connectivity index (χ0v) is 30.8. The fourth-order valence-corrected chi connectivity index (χ4v) is 8.00. The highest BCUT2D eigenvalue weighted by molar-refractivity contribution is 6.11. The highest BCUT2D eigenvalue weighted by atomic mass is 15.1. The van der Waals surface area contributed by atoms with Crippen LogP contribution in [-0.4, -0.2) is 4.57 Å². The lowest BCUT2D eigenvalue weighted by atomic mass is 10.0. The highest BCUT2D eigenvalue weighted by Gasteiger charge is 2.19. The van der Waals surface area contributed by atoms with Crippen molar-refractivity contribution in [3.8, 4) is 50.2 Å². The van der Waals surface area contributed by atoms with Crippen LogP contribution >= 0.6 is 0 Å². The smallest absolute Gasteiger partial charge is 0.0561 e. The van der Waals surface area contributed by atoms with Crippen LogP contribution in [0.25, 0.3) is 72.0 Å². The molecule has 10 rings (SSSR count). The molecule has 2 nitrogen and oxygen atoms in total. The topological polar surface area (TPSA) is 8.17 Å². The number of anilines is 3. The van der Waals surface area contributed by atoms with Gasteiger partial charge >= 0.3 is 0 Å².